The van der Waals surface area contributed by atoms with E-state index in [1.165, 1.54) is 18.3 Å². The van der Waals surface area contributed by atoms with Crippen LogP contribution in [-0.4, -0.2) is 23.2 Å². The van der Waals surface area contributed by atoms with Crippen LogP contribution in [0.25, 0.3) is 0 Å². The van der Waals surface area contributed by atoms with E-state index in [2.05, 4.69) is 22.1 Å². The molecule has 1 heterocycles. The summed E-state index contributed by atoms with van der Waals surface area (Å²) in [6.07, 6.45) is 1.86. The molecule has 0 unspecified atom stereocenters. The number of Topliss-reactive ketones (excluding diaryl/α,β-unsaturated/α-hetero) is 1. The van der Waals surface area contributed by atoms with Crippen LogP contribution in [0.4, 0.5) is 0 Å². The van der Waals surface area contributed by atoms with E-state index in [1.807, 2.05) is 11.4 Å². The molecule has 2 rings (SSSR count). The minimum absolute atomic E-state index is 0.0399. The molecule has 4 nitrogen and oxygen atoms in total. The van der Waals surface area contributed by atoms with Gasteiger partial charge < -0.3 is 5.32 Å². The average molecular weight is 298 g/mol. The first-order valence-electron chi connectivity index (χ1n) is 6.40. The van der Waals surface area contributed by atoms with Crippen molar-refractivity contribution in [3.8, 4) is 11.8 Å². The van der Waals surface area contributed by atoms with E-state index in [4.69, 9.17) is 0 Å². The number of benzene rings is 1. The molecule has 0 saturated heterocycles. The van der Waals surface area contributed by atoms with Crippen LogP contribution in [0.5, 0.6) is 0 Å². The first-order valence-corrected chi connectivity index (χ1v) is 7.28. The molecule has 0 saturated carbocycles. The summed E-state index contributed by atoms with van der Waals surface area (Å²) in [6, 6.07) is 7.12. The van der Waals surface area contributed by atoms with Gasteiger partial charge in [0.2, 0.25) is 5.91 Å². The molecule has 0 fully saturated rings. The smallest absolute Gasteiger partial charge is 0.225 e. The number of nitrogens with one attached hydrogen (secondary N) is 1. The number of aromatic nitrogens is 1. The minimum Gasteiger partial charge on any atom is -0.345 e. The fourth-order valence-electron chi connectivity index (χ4n) is 1.80. The highest BCUT2D eigenvalue weighted by Gasteiger charge is 2.09. The second kappa shape index (κ2) is 7.36. The van der Waals surface area contributed by atoms with E-state index in [1.54, 1.807) is 24.4 Å². The quantitative estimate of drug-likeness (QED) is 0.694. The summed E-state index contributed by atoms with van der Waals surface area (Å²) in [5.74, 6) is 5.51. The van der Waals surface area contributed by atoms with Gasteiger partial charge in [0.15, 0.2) is 10.8 Å². The van der Waals surface area contributed by atoms with E-state index in [0.717, 1.165) is 10.6 Å². The van der Waals surface area contributed by atoms with Crippen molar-refractivity contribution < 1.29 is 9.59 Å². The van der Waals surface area contributed by atoms with E-state index in [9.17, 15) is 9.59 Å². The molecule has 1 amide bonds. The molecule has 0 radical (unpaired) electrons. The lowest BCUT2D eigenvalue weighted by Crippen LogP contribution is -2.26. The number of nitrogens with zero attached hydrogens (tertiary/aromatic N) is 1. The average Bonchev–Trinajstić information content (AvgIpc) is 2.97. The number of hydrogen-bond donors (Lipinski definition) is 1. The fraction of sp³-hybridized carbons (Fsp3) is 0.188. The van der Waals surface area contributed by atoms with Gasteiger partial charge in [0, 0.05) is 17.1 Å². The Bertz CT molecular complexity index is 697. The normalized spacial score (nSPS) is 9.57. The highest BCUT2D eigenvalue weighted by Crippen LogP contribution is 2.10. The third-order valence-electron chi connectivity index (χ3n) is 2.75. The summed E-state index contributed by atoms with van der Waals surface area (Å²) in [7, 11) is 0. The zero-order valence-corrected chi connectivity index (χ0v) is 12.4. The zero-order valence-electron chi connectivity index (χ0n) is 11.6. The maximum Gasteiger partial charge on any atom is 0.225 e. The Balaban J connectivity index is 1.89. The molecule has 21 heavy (non-hydrogen) atoms. The second-order valence-electron chi connectivity index (χ2n) is 4.31. The third-order valence-corrected chi connectivity index (χ3v) is 3.44. The predicted molar refractivity (Wildman–Crippen MR) is 82.2 cm³/mol. The van der Waals surface area contributed by atoms with Crippen LogP contribution in [0.1, 0.15) is 27.9 Å². The lowest BCUT2D eigenvalue weighted by molar-refractivity contribution is -0.120. The third kappa shape index (κ3) is 4.55. The fourth-order valence-corrected chi connectivity index (χ4v) is 2.30. The van der Waals surface area contributed by atoms with Crippen molar-refractivity contribution in [1.29, 1.82) is 0 Å². The lowest BCUT2D eigenvalue weighted by Gasteiger charge is -2.06. The Morgan fingerprint density at radius 3 is 2.86 bits per heavy atom. The van der Waals surface area contributed by atoms with Crippen LogP contribution < -0.4 is 5.32 Å². The summed E-state index contributed by atoms with van der Waals surface area (Å²) >= 11 is 1.45. The standard InChI is InChI=1S/C16H14N2O2S/c1-12(19)14-6-3-2-5-13(14)11-15(20)17-8-4-7-16-18-9-10-21-16/h2-3,5-6,9-10H,8,11H2,1H3,(H,17,20). The van der Waals surface area contributed by atoms with Crippen molar-refractivity contribution in [2.45, 2.75) is 13.3 Å². The van der Waals surface area contributed by atoms with Crippen LogP contribution in [-0.2, 0) is 11.2 Å². The number of amides is 1. The SMILES string of the molecule is CC(=O)c1ccccc1CC(=O)NCC#Cc1nccs1. The van der Waals surface area contributed by atoms with Crippen molar-refractivity contribution in [3.63, 3.8) is 0 Å². The molecule has 1 aromatic heterocycles. The van der Waals surface area contributed by atoms with Gasteiger partial charge in [-0.15, -0.1) is 11.3 Å². The predicted octanol–water partition coefficient (Wildman–Crippen LogP) is 2.06. The molecule has 106 valence electrons. The van der Waals surface area contributed by atoms with Crippen molar-refractivity contribution in [3.05, 3.63) is 52.0 Å². The van der Waals surface area contributed by atoms with E-state index in [0.29, 0.717) is 5.56 Å². The summed E-state index contributed by atoms with van der Waals surface area (Å²) in [6.45, 7) is 1.76. The van der Waals surface area contributed by atoms with Crippen molar-refractivity contribution in [1.82, 2.24) is 10.3 Å². The molecular weight excluding hydrogens is 284 g/mol. The number of ketones is 1. The van der Waals surface area contributed by atoms with Crippen LogP contribution >= 0.6 is 11.3 Å². The molecule has 1 N–H and O–H groups in total. The van der Waals surface area contributed by atoms with Crippen LogP contribution in [0, 0.1) is 11.8 Å². The van der Waals surface area contributed by atoms with E-state index in [-0.39, 0.29) is 24.7 Å². The van der Waals surface area contributed by atoms with E-state index < -0.39 is 0 Å². The van der Waals surface area contributed by atoms with Crippen molar-refractivity contribution in [2.75, 3.05) is 6.54 Å². The first kappa shape index (κ1) is 14.9. The van der Waals surface area contributed by atoms with Crippen molar-refractivity contribution in [2.24, 2.45) is 0 Å². The first-order chi connectivity index (χ1) is 10.2. The largest absolute Gasteiger partial charge is 0.345 e. The van der Waals surface area contributed by atoms with Gasteiger partial charge in [-0.25, -0.2) is 4.98 Å². The van der Waals surface area contributed by atoms with Crippen molar-refractivity contribution >= 4 is 23.0 Å². The second-order valence-corrected chi connectivity index (χ2v) is 5.20. The summed E-state index contributed by atoms with van der Waals surface area (Å²) < 4.78 is 0. The topological polar surface area (TPSA) is 59.1 Å². The summed E-state index contributed by atoms with van der Waals surface area (Å²) in [5.41, 5.74) is 1.32. The van der Waals surface area contributed by atoms with Gasteiger partial charge in [-0.1, -0.05) is 30.2 Å². The molecule has 0 atom stereocenters. The van der Waals surface area contributed by atoms with Gasteiger partial charge in [-0.05, 0) is 18.4 Å². The Morgan fingerprint density at radius 2 is 2.14 bits per heavy atom. The highest BCUT2D eigenvalue weighted by atomic mass is 32.1. The number of carbonyl (C=O) groups excluding carboxylic acids is 2. The van der Waals surface area contributed by atoms with Crippen LogP contribution in [0.2, 0.25) is 0 Å². The Kier molecular flexibility index (Phi) is 5.24. The molecule has 0 aliphatic carbocycles. The highest BCUT2D eigenvalue weighted by molar-refractivity contribution is 7.10. The Hall–Kier alpha value is -2.45. The summed E-state index contributed by atoms with van der Waals surface area (Å²) in [4.78, 5) is 27.4. The van der Waals surface area contributed by atoms with Gasteiger partial charge >= 0.3 is 0 Å². The Morgan fingerprint density at radius 1 is 1.33 bits per heavy atom. The van der Waals surface area contributed by atoms with Crippen LogP contribution in [0.3, 0.4) is 0 Å². The number of carbonyl (C=O) groups is 2. The number of rotatable bonds is 4. The molecule has 0 aliphatic rings. The van der Waals surface area contributed by atoms with Crippen LogP contribution in [0.15, 0.2) is 35.8 Å². The lowest BCUT2D eigenvalue weighted by atomic mass is 10.0. The molecular formula is C16H14N2O2S. The van der Waals surface area contributed by atoms with Gasteiger partial charge in [-0.3, -0.25) is 9.59 Å². The molecule has 2 aromatic rings. The van der Waals surface area contributed by atoms with Gasteiger partial charge in [0.25, 0.3) is 0 Å². The van der Waals surface area contributed by atoms with Gasteiger partial charge in [0.1, 0.15) is 0 Å². The summed E-state index contributed by atoms with van der Waals surface area (Å²) in [5, 5.41) is 5.29. The van der Waals surface area contributed by atoms with Gasteiger partial charge in [-0.2, -0.15) is 0 Å². The molecule has 0 bridgehead atoms. The van der Waals surface area contributed by atoms with Gasteiger partial charge in [0.05, 0.1) is 13.0 Å². The number of hydrogen-bond acceptors (Lipinski definition) is 4. The maximum absolute atomic E-state index is 11.8. The molecule has 5 heteroatoms. The maximum atomic E-state index is 11.8. The number of thiazole rings is 1. The van der Waals surface area contributed by atoms with E-state index >= 15 is 0 Å². The Labute approximate surface area is 127 Å². The molecule has 1 aromatic carbocycles. The minimum atomic E-state index is -0.155. The molecule has 0 aliphatic heterocycles. The zero-order chi connectivity index (χ0) is 15.1. The molecule has 0 spiro atoms. The monoisotopic (exact) mass is 298 g/mol.